The van der Waals surface area contributed by atoms with Gasteiger partial charge in [-0.25, -0.2) is 0 Å². The van der Waals surface area contributed by atoms with Crippen molar-refractivity contribution in [2.75, 3.05) is 33.2 Å². The summed E-state index contributed by atoms with van der Waals surface area (Å²) in [7, 11) is 2.22. The molecular weight excluding hydrogens is 234 g/mol. The zero-order chi connectivity index (χ0) is 13.7. The van der Waals surface area contributed by atoms with Crippen LogP contribution >= 0.6 is 0 Å². The SMILES string of the molecule is CC1CN(C)CCCN1Cc1ccccc1CCN. The Hall–Kier alpha value is -0.900. The molecule has 1 aromatic carbocycles. The minimum absolute atomic E-state index is 0.624. The summed E-state index contributed by atoms with van der Waals surface area (Å²) in [5.41, 5.74) is 8.57. The summed E-state index contributed by atoms with van der Waals surface area (Å²) < 4.78 is 0. The number of nitrogens with zero attached hydrogens (tertiary/aromatic N) is 2. The molecule has 0 bridgehead atoms. The van der Waals surface area contributed by atoms with E-state index >= 15 is 0 Å². The predicted molar refractivity (Wildman–Crippen MR) is 81.2 cm³/mol. The molecule has 3 nitrogen and oxygen atoms in total. The second-order valence-electron chi connectivity index (χ2n) is 5.74. The first kappa shape index (κ1) is 14.5. The fourth-order valence-corrected chi connectivity index (χ4v) is 2.99. The largest absolute Gasteiger partial charge is 0.330 e. The van der Waals surface area contributed by atoms with Crippen LogP contribution in [0.1, 0.15) is 24.5 Å². The molecule has 1 atom stereocenters. The molecule has 0 spiro atoms. The Morgan fingerprint density at radius 2 is 1.95 bits per heavy atom. The second kappa shape index (κ2) is 7.04. The quantitative estimate of drug-likeness (QED) is 0.895. The van der Waals surface area contributed by atoms with Crippen molar-refractivity contribution in [2.24, 2.45) is 5.73 Å². The maximum absolute atomic E-state index is 5.71. The third kappa shape index (κ3) is 4.03. The zero-order valence-electron chi connectivity index (χ0n) is 12.3. The molecule has 1 aliphatic rings. The molecule has 1 heterocycles. The topological polar surface area (TPSA) is 32.5 Å². The van der Waals surface area contributed by atoms with Crippen molar-refractivity contribution < 1.29 is 0 Å². The van der Waals surface area contributed by atoms with Crippen LogP contribution in [0.5, 0.6) is 0 Å². The number of hydrogen-bond donors (Lipinski definition) is 1. The maximum Gasteiger partial charge on any atom is 0.0239 e. The minimum atomic E-state index is 0.624. The lowest BCUT2D eigenvalue weighted by Crippen LogP contribution is -2.37. The summed E-state index contributed by atoms with van der Waals surface area (Å²) in [6.45, 7) is 7.71. The van der Waals surface area contributed by atoms with Crippen LogP contribution in [0, 0.1) is 0 Å². The maximum atomic E-state index is 5.71. The highest BCUT2D eigenvalue weighted by atomic mass is 15.2. The average molecular weight is 261 g/mol. The van der Waals surface area contributed by atoms with E-state index in [0.29, 0.717) is 6.04 Å². The first-order chi connectivity index (χ1) is 9.20. The van der Waals surface area contributed by atoms with Gasteiger partial charge in [0, 0.05) is 25.7 Å². The van der Waals surface area contributed by atoms with Gasteiger partial charge < -0.3 is 10.6 Å². The van der Waals surface area contributed by atoms with Crippen LogP contribution in [-0.4, -0.2) is 49.1 Å². The molecule has 1 fully saturated rings. The van der Waals surface area contributed by atoms with Crippen LogP contribution in [0.15, 0.2) is 24.3 Å². The van der Waals surface area contributed by atoms with E-state index in [-0.39, 0.29) is 0 Å². The van der Waals surface area contributed by atoms with Gasteiger partial charge in [0.2, 0.25) is 0 Å². The zero-order valence-corrected chi connectivity index (χ0v) is 12.3. The Kier molecular flexibility index (Phi) is 5.37. The number of likely N-dealkylation sites (N-methyl/N-ethyl adjacent to an activating group) is 1. The second-order valence-corrected chi connectivity index (χ2v) is 5.74. The van der Waals surface area contributed by atoms with Gasteiger partial charge in [-0.1, -0.05) is 24.3 Å². The van der Waals surface area contributed by atoms with E-state index in [0.717, 1.165) is 19.5 Å². The highest BCUT2D eigenvalue weighted by molar-refractivity contribution is 5.27. The van der Waals surface area contributed by atoms with E-state index in [4.69, 9.17) is 5.73 Å². The molecule has 2 rings (SSSR count). The van der Waals surface area contributed by atoms with E-state index < -0.39 is 0 Å². The van der Waals surface area contributed by atoms with Gasteiger partial charge in [0.15, 0.2) is 0 Å². The molecule has 1 aromatic rings. The van der Waals surface area contributed by atoms with Crippen LogP contribution in [0.2, 0.25) is 0 Å². The van der Waals surface area contributed by atoms with E-state index in [2.05, 4.69) is 48.0 Å². The summed E-state index contributed by atoms with van der Waals surface area (Å²) in [5, 5.41) is 0. The van der Waals surface area contributed by atoms with Crippen molar-refractivity contribution >= 4 is 0 Å². The van der Waals surface area contributed by atoms with E-state index in [1.54, 1.807) is 0 Å². The van der Waals surface area contributed by atoms with Gasteiger partial charge in [-0.05, 0) is 51.0 Å². The van der Waals surface area contributed by atoms with Gasteiger partial charge in [-0.15, -0.1) is 0 Å². The summed E-state index contributed by atoms with van der Waals surface area (Å²) in [4.78, 5) is 5.05. The molecule has 0 amide bonds. The molecule has 2 N–H and O–H groups in total. The van der Waals surface area contributed by atoms with Crippen molar-refractivity contribution in [1.82, 2.24) is 9.80 Å². The van der Waals surface area contributed by atoms with E-state index in [1.807, 2.05) is 0 Å². The van der Waals surface area contributed by atoms with Crippen molar-refractivity contribution in [3.63, 3.8) is 0 Å². The lowest BCUT2D eigenvalue weighted by atomic mass is 10.0. The lowest BCUT2D eigenvalue weighted by molar-refractivity contribution is 0.194. The van der Waals surface area contributed by atoms with Gasteiger partial charge >= 0.3 is 0 Å². The molecule has 1 unspecified atom stereocenters. The molecule has 19 heavy (non-hydrogen) atoms. The minimum Gasteiger partial charge on any atom is -0.330 e. The smallest absolute Gasteiger partial charge is 0.0239 e. The summed E-state index contributed by atoms with van der Waals surface area (Å²) in [6, 6.07) is 9.36. The monoisotopic (exact) mass is 261 g/mol. The highest BCUT2D eigenvalue weighted by Gasteiger charge is 2.20. The molecule has 0 radical (unpaired) electrons. The molecule has 0 saturated carbocycles. The van der Waals surface area contributed by atoms with Crippen LogP contribution in [-0.2, 0) is 13.0 Å². The average Bonchev–Trinajstić information content (AvgIpc) is 2.54. The Morgan fingerprint density at radius 3 is 2.68 bits per heavy atom. The number of nitrogens with two attached hydrogens (primary N) is 1. The fraction of sp³-hybridized carbons (Fsp3) is 0.625. The normalized spacial score (nSPS) is 22.4. The van der Waals surface area contributed by atoms with Crippen molar-refractivity contribution in [3.05, 3.63) is 35.4 Å². The van der Waals surface area contributed by atoms with Crippen LogP contribution < -0.4 is 5.73 Å². The Morgan fingerprint density at radius 1 is 1.21 bits per heavy atom. The number of benzene rings is 1. The number of rotatable bonds is 4. The van der Waals surface area contributed by atoms with Crippen LogP contribution in [0.3, 0.4) is 0 Å². The highest BCUT2D eigenvalue weighted by Crippen LogP contribution is 2.16. The molecule has 1 saturated heterocycles. The fourth-order valence-electron chi connectivity index (χ4n) is 2.99. The third-order valence-electron chi connectivity index (χ3n) is 4.09. The first-order valence-electron chi connectivity index (χ1n) is 7.40. The molecule has 1 aliphatic heterocycles. The Bertz CT molecular complexity index is 391. The summed E-state index contributed by atoms with van der Waals surface area (Å²) in [5.74, 6) is 0. The third-order valence-corrected chi connectivity index (χ3v) is 4.09. The molecule has 0 aliphatic carbocycles. The van der Waals surface area contributed by atoms with Crippen LogP contribution in [0.25, 0.3) is 0 Å². The van der Waals surface area contributed by atoms with Crippen LogP contribution in [0.4, 0.5) is 0 Å². The van der Waals surface area contributed by atoms with E-state index in [1.165, 1.54) is 37.2 Å². The van der Waals surface area contributed by atoms with Crippen molar-refractivity contribution in [3.8, 4) is 0 Å². The predicted octanol–water partition coefficient (Wildman–Crippen LogP) is 1.71. The van der Waals surface area contributed by atoms with Gasteiger partial charge in [-0.2, -0.15) is 0 Å². The van der Waals surface area contributed by atoms with E-state index in [9.17, 15) is 0 Å². The molecular formula is C16H27N3. The first-order valence-corrected chi connectivity index (χ1v) is 7.40. The standard InChI is InChI=1S/C16H27N3/c1-14-12-18(2)10-5-11-19(14)13-16-7-4-3-6-15(16)8-9-17/h3-4,6-7,14H,5,8-13,17H2,1-2H3. The molecule has 3 heteroatoms. The molecule has 106 valence electrons. The van der Waals surface area contributed by atoms with Gasteiger partial charge in [-0.3, -0.25) is 4.90 Å². The van der Waals surface area contributed by atoms with Gasteiger partial charge in [0.05, 0.1) is 0 Å². The van der Waals surface area contributed by atoms with Gasteiger partial charge in [0.1, 0.15) is 0 Å². The Labute approximate surface area is 117 Å². The summed E-state index contributed by atoms with van der Waals surface area (Å²) >= 11 is 0. The van der Waals surface area contributed by atoms with Gasteiger partial charge in [0.25, 0.3) is 0 Å². The number of hydrogen-bond acceptors (Lipinski definition) is 3. The summed E-state index contributed by atoms with van der Waals surface area (Å²) in [6.07, 6.45) is 2.25. The molecule has 0 aromatic heterocycles. The van der Waals surface area contributed by atoms with Crippen molar-refractivity contribution in [1.29, 1.82) is 0 Å². The lowest BCUT2D eigenvalue weighted by Gasteiger charge is -2.28. The van der Waals surface area contributed by atoms with Crippen molar-refractivity contribution in [2.45, 2.75) is 32.4 Å². The Balaban J connectivity index is 2.07.